The van der Waals surface area contributed by atoms with Gasteiger partial charge in [-0.1, -0.05) is 54.4 Å². The van der Waals surface area contributed by atoms with Crippen LogP contribution >= 0.6 is 0 Å². The molecule has 0 saturated heterocycles. The summed E-state index contributed by atoms with van der Waals surface area (Å²) in [5, 5.41) is 15.3. The lowest BCUT2D eigenvalue weighted by Crippen LogP contribution is -2.56. The lowest BCUT2D eigenvalue weighted by atomic mass is 9.68. The van der Waals surface area contributed by atoms with Gasteiger partial charge in [0.05, 0.1) is 0 Å². The fourth-order valence-electron chi connectivity index (χ4n) is 4.40. The quantitative estimate of drug-likeness (QED) is 0.548. The van der Waals surface area contributed by atoms with Crippen LogP contribution in [0.4, 0.5) is 0 Å². The second kappa shape index (κ2) is 10.3. The Kier molecular flexibility index (Phi) is 8.96. The Labute approximate surface area is 170 Å². The van der Waals surface area contributed by atoms with E-state index in [2.05, 4.69) is 31.4 Å². The van der Waals surface area contributed by atoms with Crippen LogP contribution in [0.5, 0.6) is 0 Å². The van der Waals surface area contributed by atoms with Crippen molar-refractivity contribution in [3.63, 3.8) is 0 Å². The van der Waals surface area contributed by atoms with Crippen LogP contribution in [0.3, 0.4) is 0 Å². The van der Waals surface area contributed by atoms with Gasteiger partial charge in [-0.3, -0.25) is 14.4 Å². The third-order valence-electron chi connectivity index (χ3n) is 6.05. The molecular weight excluding hydrogens is 356 g/mol. The summed E-state index contributed by atoms with van der Waals surface area (Å²) < 4.78 is 0. The van der Waals surface area contributed by atoms with Gasteiger partial charge in [-0.2, -0.15) is 0 Å². The molecule has 0 aromatic heterocycles. The lowest BCUT2D eigenvalue weighted by Gasteiger charge is -2.37. The van der Waals surface area contributed by atoms with Gasteiger partial charge in [0.15, 0.2) is 0 Å². The highest BCUT2D eigenvalue weighted by atomic mass is 16.4. The van der Waals surface area contributed by atoms with Crippen LogP contribution < -0.4 is 10.6 Å². The standard InChI is InChI=1S/C22H40N2O4/c1-13(2)12-16(15-10-8-14(3)9-11-15)17(21(27)28)19(25)24-18(20(26)23-7)22(4,5)6/h13-18H,8-12H2,1-7H3,(H,23,26)(H,24,25)(H,27,28)/t14?,15?,16-,17+,18?/m1/s1. The van der Waals surface area contributed by atoms with Gasteiger partial charge < -0.3 is 15.7 Å². The van der Waals surface area contributed by atoms with Crippen molar-refractivity contribution in [2.75, 3.05) is 7.05 Å². The SMILES string of the molecule is CNC(=O)C(NC(=O)[C@@H](C(=O)O)[C@H](CC(C)C)C1CCC(C)CC1)C(C)(C)C. The number of hydrogen-bond acceptors (Lipinski definition) is 3. The van der Waals surface area contributed by atoms with Crippen molar-refractivity contribution in [2.45, 2.75) is 79.7 Å². The van der Waals surface area contributed by atoms with E-state index >= 15 is 0 Å². The summed E-state index contributed by atoms with van der Waals surface area (Å²) in [6.45, 7) is 11.9. The van der Waals surface area contributed by atoms with Crippen molar-refractivity contribution in [3.8, 4) is 0 Å². The second-order valence-electron chi connectivity index (χ2n) is 10.1. The maximum atomic E-state index is 13.1. The number of rotatable bonds is 8. The number of amides is 2. The van der Waals surface area contributed by atoms with Gasteiger partial charge in [-0.15, -0.1) is 0 Å². The Morgan fingerprint density at radius 3 is 1.96 bits per heavy atom. The van der Waals surface area contributed by atoms with Crippen molar-refractivity contribution in [1.82, 2.24) is 10.6 Å². The van der Waals surface area contributed by atoms with Gasteiger partial charge in [0.1, 0.15) is 12.0 Å². The Morgan fingerprint density at radius 1 is 1.04 bits per heavy atom. The largest absolute Gasteiger partial charge is 0.481 e. The summed E-state index contributed by atoms with van der Waals surface area (Å²) >= 11 is 0. The number of likely N-dealkylation sites (N-methyl/N-ethyl adjacent to an activating group) is 1. The molecule has 162 valence electrons. The van der Waals surface area contributed by atoms with E-state index in [4.69, 9.17) is 0 Å². The van der Waals surface area contributed by atoms with Gasteiger partial charge in [-0.05, 0) is 48.3 Å². The van der Waals surface area contributed by atoms with E-state index in [1.54, 1.807) is 0 Å². The molecule has 1 rings (SSSR count). The van der Waals surface area contributed by atoms with Gasteiger partial charge in [0.2, 0.25) is 11.8 Å². The van der Waals surface area contributed by atoms with Crippen molar-refractivity contribution in [3.05, 3.63) is 0 Å². The number of carboxylic acid groups (broad SMARTS) is 1. The van der Waals surface area contributed by atoms with Crippen LogP contribution in [0.1, 0.15) is 73.6 Å². The minimum absolute atomic E-state index is 0.213. The molecule has 0 radical (unpaired) electrons. The predicted molar refractivity (Wildman–Crippen MR) is 111 cm³/mol. The molecule has 6 nitrogen and oxygen atoms in total. The molecule has 1 saturated carbocycles. The lowest BCUT2D eigenvalue weighted by molar-refractivity contribution is -0.152. The first kappa shape index (κ1) is 24.4. The van der Waals surface area contributed by atoms with Crippen molar-refractivity contribution in [2.24, 2.45) is 35.0 Å². The molecule has 1 fully saturated rings. The summed E-state index contributed by atoms with van der Waals surface area (Å²) in [5.41, 5.74) is -0.521. The first-order valence-corrected chi connectivity index (χ1v) is 10.6. The summed E-state index contributed by atoms with van der Waals surface area (Å²) in [6.07, 6.45) is 4.79. The number of nitrogens with one attached hydrogen (secondary N) is 2. The van der Waals surface area contributed by atoms with Gasteiger partial charge >= 0.3 is 5.97 Å². The van der Waals surface area contributed by atoms with Crippen LogP contribution in [0.15, 0.2) is 0 Å². The van der Waals surface area contributed by atoms with E-state index in [0.717, 1.165) is 25.7 Å². The van der Waals surface area contributed by atoms with Gasteiger partial charge in [0, 0.05) is 7.05 Å². The molecule has 1 unspecified atom stereocenters. The number of hydrogen-bond donors (Lipinski definition) is 3. The Morgan fingerprint density at radius 2 is 1.57 bits per heavy atom. The monoisotopic (exact) mass is 396 g/mol. The average Bonchev–Trinajstić information content (AvgIpc) is 2.57. The number of carboxylic acids is 1. The fraction of sp³-hybridized carbons (Fsp3) is 0.864. The van der Waals surface area contributed by atoms with E-state index in [-0.39, 0.29) is 17.7 Å². The second-order valence-corrected chi connectivity index (χ2v) is 10.1. The first-order chi connectivity index (χ1) is 12.9. The Hall–Kier alpha value is -1.59. The average molecular weight is 397 g/mol. The summed E-state index contributed by atoms with van der Waals surface area (Å²) in [4.78, 5) is 37.6. The van der Waals surface area contributed by atoms with Crippen molar-refractivity contribution in [1.29, 1.82) is 0 Å². The van der Waals surface area contributed by atoms with Crippen LogP contribution in [0, 0.1) is 35.0 Å². The molecule has 1 aliphatic carbocycles. The molecule has 0 aromatic rings. The van der Waals surface area contributed by atoms with E-state index < -0.39 is 29.3 Å². The van der Waals surface area contributed by atoms with Crippen molar-refractivity contribution >= 4 is 17.8 Å². The highest BCUT2D eigenvalue weighted by molar-refractivity contribution is 5.99. The van der Waals surface area contributed by atoms with Crippen LogP contribution in [0.2, 0.25) is 0 Å². The predicted octanol–water partition coefficient (Wildman–Crippen LogP) is 3.45. The third-order valence-corrected chi connectivity index (χ3v) is 6.05. The molecule has 2 amide bonds. The number of carbonyl (C=O) groups excluding carboxylic acids is 2. The molecule has 0 aliphatic heterocycles. The molecule has 3 atom stereocenters. The van der Waals surface area contributed by atoms with Crippen molar-refractivity contribution < 1.29 is 19.5 Å². The molecule has 0 bridgehead atoms. The zero-order chi connectivity index (χ0) is 21.6. The highest BCUT2D eigenvalue weighted by Crippen LogP contribution is 2.40. The van der Waals surface area contributed by atoms with E-state index in [9.17, 15) is 19.5 Å². The summed E-state index contributed by atoms with van der Waals surface area (Å²) in [6, 6.07) is -0.780. The van der Waals surface area contributed by atoms with Gasteiger partial charge in [-0.25, -0.2) is 0 Å². The minimum atomic E-state index is -1.13. The molecule has 1 aliphatic rings. The maximum Gasteiger partial charge on any atom is 0.316 e. The maximum absolute atomic E-state index is 13.1. The minimum Gasteiger partial charge on any atom is -0.481 e. The first-order valence-electron chi connectivity index (χ1n) is 10.6. The number of carbonyl (C=O) groups is 3. The van der Waals surface area contributed by atoms with Crippen LogP contribution in [-0.2, 0) is 14.4 Å². The Balaban J connectivity index is 3.12. The molecule has 0 aromatic carbocycles. The molecule has 0 heterocycles. The summed E-state index contributed by atoms with van der Waals surface area (Å²) in [7, 11) is 1.52. The fourth-order valence-corrected chi connectivity index (χ4v) is 4.40. The van der Waals surface area contributed by atoms with Crippen LogP contribution in [-0.4, -0.2) is 36.0 Å². The molecule has 3 N–H and O–H groups in total. The third kappa shape index (κ3) is 6.78. The van der Waals surface area contributed by atoms with Crippen LogP contribution in [0.25, 0.3) is 0 Å². The van der Waals surface area contributed by atoms with E-state index in [1.807, 2.05) is 20.8 Å². The summed E-state index contributed by atoms with van der Waals surface area (Å²) in [5.74, 6) is -2.09. The number of aliphatic carboxylic acids is 1. The molecular formula is C22H40N2O4. The molecule has 0 spiro atoms. The normalized spacial score (nSPS) is 23.6. The molecule has 6 heteroatoms. The topological polar surface area (TPSA) is 95.5 Å². The zero-order valence-electron chi connectivity index (χ0n) is 18.7. The Bertz CT molecular complexity index is 545. The van der Waals surface area contributed by atoms with Gasteiger partial charge in [0.25, 0.3) is 0 Å². The van der Waals surface area contributed by atoms with E-state index in [0.29, 0.717) is 18.3 Å². The van der Waals surface area contributed by atoms with E-state index in [1.165, 1.54) is 7.05 Å². The zero-order valence-corrected chi connectivity index (χ0v) is 18.7. The molecule has 28 heavy (non-hydrogen) atoms. The highest BCUT2D eigenvalue weighted by Gasteiger charge is 2.43. The smallest absolute Gasteiger partial charge is 0.316 e.